The van der Waals surface area contributed by atoms with Crippen molar-refractivity contribution in [3.8, 4) is 0 Å². The Labute approximate surface area is 85.9 Å². The summed E-state index contributed by atoms with van der Waals surface area (Å²) in [5.74, 6) is 0. The molecule has 1 heterocycles. The van der Waals surface area contributed by atoms with Gasteiger partial charge >= 0.3 is 0 Å². The second-order valence-electron chi connectivity index (χ2n) is 3.81. The molecular weight excluding hydrogens is 174 g/mol. The third-order valence-electron chi connectivity index (χ3n) is 2.08. The van der Waals surface area contributed by atoms with Gasteiger partial charge in [0, 0.05) is 37.4 Å². The summed E-state index contributed by atoms with van der Waals surface area (Å²) in [6.45, 7) is 3.97. The molecule has 0 aromatic carbocycles. The number of pyridine rings is 1. The van der Waals surface area contributed by atoms with E-state index in [1.807, 2.05) is 25.3 Å². The largest absolute Gasteiger partial charge is 0.327 e. The summed E-state index contributed by atoms with van der Waals surface area (Å²) < 4.78 is 0. The molecule has 0 spiro atoms. The first kappa shape index (κ1) is 11.1. The predicted octanol–water partition coefficient (Wildman–Crippen LogP) is 0.903. The second-order valence-corrected chi connectivity index (χ2v) is 3.81. The van der Waals surface area contributed by atoms with Gasteiger partial charge in [0.25, 0.3) is 0 Å². The van der Waals surface area contributed by atoms with Gasteiger partial charge in [-0.3, -0.25) is 4.98 Å². The molecule has 78 valence electrons. The van der Waals surface area contributed by atoms with E-state index in [0.717, 1.165) is 25.2 Å². The van der Waals surface area contributed by atoms with E-state index in [4.69, 9.17) is 5.73 Å². The van der Waals surface area contributed by atoms with E-state index in [9.17, 15) is 0 Å². The van der Waals surface area contributed by atoms with Crippen molar-refractivity contribution in [3.63, 3.8) is 0 Å². The molecule has 1 rings (SSSR count). The summed E-state index contributed by atoms with van der Waals surface area (Å²) in [5.41, 5.74) is 6.85. The van der Waals surface area contributed by atoms with E-state index in [1.165, 1.54) is 0 Å². The molecule has 0 saturated heterocycles. The maximum Gasteiger partial charge on any atom is 0.0416 e. The molecule has 0 unspecified atom stereocenters. The number of likely N-dealkylation sites (N-methyl/N-ethyl adjacent to an activating group) is 1. The number of nitrogens with two attached hydrogens (primary N) is 1. The first-order chi connectivity index (χ1) is 6.68. The Bertz CT molecular complexity index is 246. The number of nitrogens with zero attached hydrogens (tertiary/aromatic N) is 2. The molecule has 0 fully saturated rings. The van der Waals surface area contributed by atoms with Crippen molar-refractivity contribution in [3.05, 3.63) is 30.1 Å². The molecule has 0 aliphatic carbocycles. The Morgan fingerprint density at radius 2 is 2.29 bits per heavy atom. The van der Waals surface area contributed by atoms with Gasteiger partial charge in [-0.15, -0.1) is 0 Å². The van der Waals surface area contributed by atoms with E-state index >= 15 is 0 Å². The molecule has 0 bridgehead atoms. The molecule has 0 amide bonds. The van der Waals surface area contributed by atoms with Gasteiger partial charge in [0.15, 0.2) is 0 Å². The molecule has 2 N–H and O–H groups in total. The Hall–Kier alpha value is -0.930. The van der Waals surface area contributed by atoms with Crippen LogP contribution in [0.4, 0.5) is 0 Å². The van der Waals surface area contributed by atoms with Crippen LogP contribution in [0.25, 0.3) is 0 Å². The Kier molecular flexibility index (Phi) is 4.56. The second kappa shape index (κ2) is 5.73. The van der Waals surface area contributed by atoms with Crippen molar-refractivity contribution < 1.29 is 0 Å². The molecule has 3 heteroatoms. The van der Waals surface area contributed by atoms with Gasteiger partial charge in [0.2, 0.25) is 0 Å². The van der Waals surface area contributed by atoms with Crippen LogP contribution in [0.2, 0.25) is 0 Å². The first-order valence-corrected chi connectivity index (χ1v) is 5.02. The van der Waals surface area contributed by atoms with Crippen LogP contribution >= 0.6 is 0 Å². The minimum atomic E-state index is 0.240. The molecule has 1 aromatic rings. The topological polar surface area (TPSA) is 42.1 Å². The highest BCUT2D eigenvalue weighted by atomic mass is 15.1. The summed E-state index contributed by atoms with van der Waals surface area (Å²) in [6, 6.07) is 6.26. The number of rotatable bonds is 5. The maximum absolute atomic E-state index is 5.70. The van der Waals surface area contributed by atoms with Gasteiger partial charge in [-0.1, -0.05) is 6.07 Å². The van der Waals surface area contributed by atoms with E-state index < -0.39 is 0 Å². The fourth-order valence-electron chi connectivity index (χ4n) is 1.43. The molecule has 0 radical (unpaired) electrons. The maximum atomic E-state index is 5.70. The van der Waals surface area contributed by atoms with Crippen LogP contribution in [-0.2, 0) is 6.42 Å². The van der Waals surface area contributed by atoms with Crippen LogP contribution < -0.4 is 5.73 Å². The van der Waals surface area contributed by atoms with Crippen molar-refractivity contribution in [2.24, 2.45) is 5.73 Å². The van der Waals surface area contributed by atoms with Crippen molar-refractivity contribution in [1.82, 2.24) is 9.88 Å². The summed E-state index contributed by atoms with van der Waals surface area (Å²) >= 11 is 0. The highest BCUT2D eigenvalue weighted by Crippen LogP contribution is 1.96. The normalized spacial score (nSPS) is 13.1. The van der Waals surface area contributed by atoms with Crippen LogP contribution in [-0.4, -0.2) is 36.1 Å². The average molecular weight is 193 g/mol. The number of hydrogen-bond acceptors (Lipinski definition) is 3. The molecule has 1 aromatic heterocycles. The minimum Gasteiger partial charge on any atom is -0.327 e. The highest BCUT2D eigenvalue weighted by molar-refractivity contribution is 5.03. The highest BCUT2D eigenvalue weighted by Gasteiger charge is 2.02. The lowest BCUT2D eigenvalue weighted by Gasteiger charge is -2.18. The molecule has 0 aliphatic heterocycles. The summed E-state index contributed by atoms with van der Waals surface area (Å²) in [6.07, 6.45) is 2.82. The summed E-state index contributed by atoms with van der Waals surface area (Å²) in [5, 5.41) is 0. The van der Waals surface area contributed by atoms with Gasteiger partial charge in [-0.2, -0.15) is 0 Å². The Balaban J connectivity index is 2.27. The molecule has 14 heavy (non-hydrogen) atoms. The number of aromatic nitrogens is 1. The lowest BCUT2D eigenvalue weighted by atomic mass is 10.2. The van der Waals surface area contributed by atoms with Gasteiger partial charge in [-0.25, -0.2) is 0 Å². The molecule has 3 nitrogen and oxygen atoms in total. The van der Waals surface area contributed by atoms with Gasteiger partial charge in [0.05, 0.1) is 0 Å². The predicted molar refractivity (Wildman–Crippen MR) is 59.1 cm³/mol. The van der Waals surface area contributed by atoms with E-state index in [2.05, 4.69) is 23.0 Å². The quantitative estimate of drug-likeness (QED) is 0.755. The van der Waals surface area contributed by atoms with Gasteiger partial charge in [0.1, 0.15) is 0 Å². The smallest absolute Gasteiger partial charge is 0.0416 e. The molecule has 0 aliphatic rings. The molecule has 0 saturated carbocycles. The lowest BCUT2D eigenvalue weighted by molar-refractivity contribution is 0.320. The van der Waals surface area contributed by atoms with E-state index in [0.29, 0.717) is 0 Å². The van der Waals surface area contributed by atoms with Crippen molar-refractivity contribution in [2.75, 3.05) is 20.1 Å². The van der Waals surface area contributed by atoms with Crippen LogP contribution in [0.15, 0.2) is 24.4 Å². The van der Waals surface area contributed by atoms with Crippen molar-refractivity contribution >= 4 is 0 Å². The van der Waals surface area contributed by atoms with Crippen molar-refractivity contribution in [1.29, 1.82) is 0 Å². The van der Waals surface area contributed by atoms with Crippen molar-refractivity contribution in [2.45, 2.75) is 19.4 Å². The average Bonchev–Trinajstić information content (AvgIpc) is 2.15. The van der Waals surface area contributed by atoms with Gasteiger partial charge in [-0.05, 0) is 26.1 Å². The third kappa shape index (κ3) is 4.35. The van der Waals surface area contributed by atoms with Gasteiger partial charge < -0.3 is 10.6 Å². The van der Waals surface area contributed by atoms with E-state index in [1.54, 1.807) is 0 Å². The summed E-state index contributed by atoms with van der Waals surface area (Å²) in [7, 11) is 2.09. The third-order valence-corrected chi connectivity index (χ3v) is 2.08. The lowest BCUT2D eigenvalue weighted by Crippen LogP contribution is -2.34. The Morgan fingerprint density at radius 3 is 2.86 bits per heavy atom. The fourth-order valence-corrected chi connectivity index (χ4v) is 1.43. The Morgan fingerprint density at radius 1 is 1.50 bits per heavy atom. The first-order valence-electron chi connectivity index (χ1n) is 5.02. The SMILES string of the molecule is C[C@@H](N)CN(C)CCc1ccccn1. The number of hydrogen-bond donors (Lipinski definition) is 1. The monoisotopic (exact) mass is 193 g/mol. The molecule has 1 atom stereocenters. The standard InChI is InChI=1S/C11H19N3/c1-10(12)9-14(2)8-6-11-5-3-4-7-13-11/h3-5,7,10H,6,8-9,12H2,1-2H3/t10-/m1/s1. The summed E-state index contributed by atoms with van der Waals surface area (Å²) in [4.78, 5) is 6.51. The van der Waals surface area contributed by atoms with Crippen LogP contribution in [0.3, 0.4) is 0 Å². The van der Waals surface area contributed by atoms with Crippen LogP contribution in [0.1, 0.15) is 12.6 Å². The zero-order valence-corrected chi connectivity index (χ0v) is 8.98. The molecular formula is C11H19N3. The van der Waals surface area contributed by atoms with E-state index in [-0.39, 0.29) is 6.04 Å². The minimum absolute atomic E-state index is 0.240. The zero-order chi connectivity index (χ0) is 10.4. The zero-order valence-electron chi connectivity index (χ0n) is 8.98. The van der Waals surface area contributed by atoms with Crippen LogP contribution in [0, 0.1) is 0 Å². The fraction of sp³-hybridized carbons (Fsp3) is 0.545. The van der Waals surface area contributed by atoms with Crippen LogP contribution in [0.5, 0.6) is 0 Å².